The Hall–Kier alpha value is -4.39. The van der Waals surface area contributed by atoms with Gasteiger partial charge in [-0.05, 0) is 44.7 Å². The number of ketones is 1. The van der Waals surface area contributed by atoms with Crippen molar-refractivity contribution >= 4 is 53.1 Å². The van der Waals surface area contributed by atoms with Crippen molar-refractivity contribution < 1.29 is 52.5 Å². The molecular formula is C31H37NO11S. The van der Waals surface area contributed by atoms with Crippen molar-refractivity contribution in [1.29, 1.82) is 0 Å². The van der Waals surface area contributed by atoms with Crippen molar-refractivity contribution in [3.63, 3.8) is 0 Å². The van der Waals surface area contributed by atoms with Crippen molar-refractivity contribution in [3.8, 4) is 11.5 Å². The summed E-state index contributed by atoms with van der Waals surface area (Å²) in [6, 6.07) is 2.97. The monoisotopic (exact) mass is 631 g/mol. The predicted molar refractivity (Wildman–Crippen MR) is 161 cm³/mol. The van der Waals surface area contributed by atoms with Crippen LogP contribution < -0.4 is 14.4 Å². The number of hydrogen-bond acceptors (Lipinski definition) is 13. The zero-order chi connectivity index (χ0) is 32.6. The molecule has 0 N–H and O–H groups in total. The molecule has 238 valence electrons. The van der Waals surface area contributed by atoms with E-state index in [0.29, 0.717) is 36.3 Å². The maximum absolute atomic E-state index is 13.3. The van der Waals surface area contributed by atoms with Gasteiger partial charge in [-0.2, -0.15) is 0 Å². The maximum Gasteiger partial charge on any atom is 0.344 e. The standard InChI is InChI=1S/C31H37NO11S/c1-6-23(34)39-17-11-10-16-32-28-21(42-25(36)8-3)14-15-22(43-26(37)9-4)29(28)44-30(32)27(20(5)33)31(38)41-19-13-12-18-40-24(35)7-2/h6-7,14-15H,1-2,8-13,16-19H2,3-5H3/b30-27-. The van der Waals surface area contributed by atoms with Gasteiger partial charge in [0.2, 0.25) is 0 Å². The van der Waals surface area contributed by atoms with Gasteiger partial charge in [0.1, 0.15) is 17.0 Å². The highest BCUT2D eigenvalue weighted by molar-refractivity contribution is 8.04. The Morgan fingerprint density at radius 3 is 1.80 bits per heavy atom. The number of fused-ring (bicyclic) bond motifs is 1. The van der Waals surface area contributed by atoms with E-state index in [9.17, 15) is 28.8 Å². The third-order valence-corrected chi connectivity index (χ3v) is 7.15. The SMILES string of the molecule is C=CC(=O)OCCCCOC(=O)/C(C(C)=O)=C1\Sc2c(OC(=O)CC)ccc(OC(=O)CC)c2N1CCCCOC(=O)C=C. The van der Waals surface area contributed by atoms with Crippen LogP contribution in [0.4, 0.5) is 5.69 Å². The van der Waals surface area contributed by atoms with Crippen molar-refractivity contribution in [1.82, 2.24) is 0 Å². The van der Waals surface area contributed by atoms with Crippen molar-refractivity contribution in [2.24, 2.45) is 0 Å². The van der Waals surface area contributed by atoms with Crippen LogP contribution in [0.3, 0.4) is 0 Å². The fourth-order valence-electron chi connectivity index (χ4n) is 3.75. The highest BCUT2D eigenvalue weighted by Crippen LogP contribution is 2.56. The van der Waals surface area contributed by atoms with Crippen LogP contribution in [0.2, 0.25) is 0 Å². The van der Waals surface area contributed by atoms with Gasteiger partial charge in [0, 0.05) is 31.5 Å². The Balaban J connectivity index is 2.47. The largest absolute Gasteiger partial charge is 0.463 e. The van der Waals surface area contributed by atoms with Crippen molar-refractivity contribution in [2.75, 3.05) is 31.3 Å². The second-order valence-corrected chi connectivity index (χ2v) is 10.2. The Morgan fingerprint density at radius 2 is 1.27 bits per heavy atom. The van der Waals surface area contributed by atoms with E-state index in [1.165, 1.54) is 19.1 Å². The van der Waals surface area contributed by atoms with Gasteiger partial charge in [-0.25, -0.2) is 14.4 Å². The number of ether oxygens (including phenoxy) is 5. The first-order chi connectivity index (χ1) is 21.1. The minimum absolute atomic E-state index is 0.0421. The minimum Gasteiger partial charge on any atom is -0.463 e. The zero-order valence-electron chi connectivity index (χ0n) is 25.1. The summed E-state index contributed by atoms with van der Waals surface area (Å²) in [5.74, 6) is -3.29. The van der Waals surface area contributed by atoms with Gasteiger partial charge in [-0.15, -0.1) is 0 Å². The number of unbranched alkanes of at least 4 members (excludes halogenated alkanes) is 2. The van der Waals surface area contributed by atoms with Gasteiger partial charge in [0.15, 0.2) is 11.5 Å². The molecule has 1 aliphatic rings. The van der Waals surface area contributed by atoms with Crippen LogP contribution in [0, 0.1) is 0 Å². The number of esters is 5. The normalized spacial score (nSPS) is 12.8. The lowest BCUT2D eigenvalue weighted by Gasteiger charge is -2.24. The zero-order valence-corrected chi connectivity index (χ0v) is 26.0. The third-order valence-electron chi connectivity index (χ3n) is 5.94. The van der Waals surface area contributed by atoms with Crippen LogP contribution >= 0.6 is 11.8 Å². The number of rotatable bonds is 18. The van der Waals surface area contributed by atoms with E-state index in [4.69, 9.17) is 23.7 Å². The molecule has 13 heteroatoms. The molecule has 2 rings (SSSR count). The molecule has 0 spiro atoms. The number of anilines is 1. The molecule has 0 fully saturated rings. The number of thioether (sulfide) groups is 1. The van der Waals surface area contributed by atoms with E-state index in [2.05, 4.69) is 13.2 Å². The molecule has 1 aromatic rings. The summed E-state index contributed by atoms with van der Waals surface area (Å²) in [6.45, 7) is 11.6. The molecule has 1 aliphatic heterocycles. The quantitative estimate of drug-likeness (QED) is 0.0423. The molecule has 0 saturated heterocycles. The summed E-state index contributed by atoms with van der Waals surface area (Å²) in [5, 5.41) is 0.203. The van der Waals surface area contributed by atoms with Crippen LogP contribution in [0.25, 0.3) is 0 Å². The topological polar surface area (TPSA) is 152 Å². The summed E-state index contributed by atoms with van der Waals surface area (Å²) in [7, 11) is 0. The van der Waals surface area contributed by atoms with Crippen LogP contribution in [0.1, 0.15) is 59.3 Å². The van der Waals surface area contributed by atoms with E-state index in [1.54, 1.807) is 18.7 Å². The van der Waals surface area contributed by atoms with Crippen LogP contribution in [0.5, 0.6) is 11.5 Å². The molecule has 0 unspecified atom stereocenters. The average molecular weight is 632 g/mol. The molecule has 12 nitrogen and oxygen atoms in total. The number of hydrogen-bond donors (Lipinski definition) is 0. The third kappa shape index (κ3) is 10.4. The second-order valence-electron chi connectivity index (χ2n) is 9.18. The van der Waals surface area contributed by atoms with Gasteiger partial charge in [-0.3, -0.25) is 14.4 Å². The molecule has 0 radical (unpaired) electrons. The van der Waals surface area contributed by atoms with Crippen LogP contribution in [-0.4, -0.2) is 62.0 Å². The summed E-state index contributed by atoms with van der Waals surface area (Å²) in [5.41, 5.74) is 0.0924. The second kappa shape index (κ2) is 18.3. The van der Waals surface area contributed by atoms with Gasteiger partial charge >= 0.3 is 29.8 Å². The van der Waals surface area contributed by atoms with E-state index >= 15 is 0 Å². The van der Waals surface area contributed by atoms with Crippen LogP contribution in [0.15, 0.2) is 52.9 Å². The summed E-state index contributed by atoms with van der Waals surface area (Å²) >= 11 is 1.01. The average Bonchev–Trinajstić information content (AvgIpc) is 3.38. The van der Waals surface area contributed by atoms with Gasteiger partial charge < -0.3 is 28.6 Å². The molecule has 0 bridgehead atoms. The number of nitrogens with zero attached hydrogens (tertiary/aromatic N) is 1. The number of carbonyl (C=O) groups excluding carboxylic acids is 6. The van der Waals surface area contributed by atoms with Crippen LogP contribution in [-0.2, 0) is 43.0 Å². The minimum atomic E-state index is -0.875. The summed E-state index contributed by atoms with van der Waals surface area (Å²) in [6.07, 6.45) is 3.92. The molecule has 1 heterocycles. The predicted octanol–water partition coefficient (Wildman–Crippen LogP) is 4.59. The fourth-order valence-corrected chi connectivity index (χ4v) is 5.08. The molecule has 0 aliphatic carbocycles. The lowest BCUT2D eigenvalue weighted by atomic mass is 10.1. The molecular weight excluding hydrogens is 594 g/mol. The lowest BCUT2D eigenvalue weighted by molar-refractivity contribution is -0.142. The summed E-state index contributed by atoms with van der Waals surface area (Å²) in [4.78, 5) is 75.4. The van der Waals surface area contributed by atoms with E-state index in [0.717, 1.165) is 23.9 Å². The van der Waals surface area contributed by atoms with Crippen molar-refractivity contribution in [3.05, 3.63) is 48.0 Å². The molecule has 0 aromatic heterocycles. The molecule has 1 aromatic carbocycles. The molecule has 0 saturated carbocycles. The molecule has 44 heavy (non-hydrogen) atoms. The number of carbonyl (C=O) groups is 6. The molecule has 0 amide bonds. The summed E-state index contributed by atoms with van der Waals surface area (Å²) < 4.78 is 26.5. The maximum atomic E-state index is 13.3. The Bertz CT molecular complexity index is 1320. The van der Waals surface area contributed by atoms with E-state index < -0.39 is 35.6 Å². The highest BCUT2D eigenvalue weighted by Gasteiger charge is 2.38. The Morgan fingerprint density at radius 1 is 0.773 bits per heavy atom. The first kappa shape index (κ1) is 35.8. The van der Waals surface area contributed by atoms with Gasteiger partial charge in [0.25, 0.3) is 0 Å². The van der Waals surface area contributed by atoms with Gasteiger partial charge in [-0.1, -0.05) is 38.8 Å². The van der Waals surface area contributed by atoms with E-state index in [1.807, 2.05) is 0 Å². The van der Waals surface area contributed by atoms with Crippen molar-refractivity contribution in [2.45, 2.75) is 64.2 Å². The fraction of sp³-hybridized carbons (Fsp3) is 0.419. The Kier molecular flexibility index (Phi) is 14.9. The van der Waals surface area contributed by atoms with Gasteiger partial charge in [0.05, 0.1) is 29.7 Å². The number of benzene rings is 1. The smallest absolute Gasteiger partial charge is 0.344 e. The molecule has 0 atom stereocenters. The lowest BCUT2D eigenvalue weighted by Crippen LogP contribution is -2.26. The highest BCUT2D eigenvalue weighted by atomic mass is 32.2. The first-order valence-electron chi connectivity index (χ1n) is 14.1. The Labute approximate surface area is 260 Å². The first-order valence-corrected chi connectivity index (χ1v) is 14.9. The van der Waals surface area contributed by atoms with E-state index in [-0.39, 0.29) is 61.3 Å². The number of Topliss-reactive ketones (excluding diaryl/α,β-unsaturated/α-hetero) is 1.